The molecule has 0 bridgehead atoms. The van der Waals surface area contributed by atoms with Gasteiger partial charge in [-0.25, -0.2) is 4.39 Å². The van der Waals surface area contributed by atoms with Gasteiger partial charge in [0.15, 0.2) is 6.10 Å². The summed E-state index contributed by atoms with van der Waals surface area (Å²) in [5.74, 6) is -0.0297. The van der Waals surface area contributed by atoms with Gasteiger partial charge in [-0.15, -0.1) is 0 Å². The number of hydrogen-bond acceptors (Lipinski definition) is 3. The fraction of sp³-hybridized carbons (Fsp3) is 0.500. The summed E-state index contributed by atoms with van der Waals surface area (Å²) in [5.41, 5.74) is 0. The second kappa shape index (κ2) is 6.52. The van der Waals surface area contributed by atoms with E-state index in [0.29, 0.717) is 12.3 Å². The first-order valence-corrected chi connectivity index (χ1v) is 6.58. The zero-order valence-corrected chi connectivity index (χ0v) is 11.1. The minimum Gasteiger partial charge on any atom is -0.481 e. The molecule has 0 radical (unpaired) electrons. The highest BCUT2D eigenvalue weighted by atomic mass is 19.1. The Morgan fingerprint density at radius 2 is 2.26 bits per heavy atom. The zero-order chi connectivity index (χ0) is 13.7. The predicted octanol–water partition coefficient (Wildman–Crippen LogP) is 1.41. The van der Waals surface area contributed by atoms with Gasteiger partial charge in [0.05, 0.1) is 0 Å². The van der Waals surface area contributed by atoms with Crippen molar-refractivity contribution in [2.45, 2.75) is 19.4 Å². The normalized spacial score (nSPS) is 17.7. The molecular weight excluding hydrogens is 247 g/mol. The van der Waals surface area contributed by atoms with Crippen molar-refractivity contribution in [1.29, 1.82) is 0 Å². The van der Waals surface area contributed by atoms with Crippen LogP contribution >= 0.6 is 0 Å². The van der Waals surface area contributed by atoms with E-state index >= 15 is 0 Å². The average Bonchev–Trinajstić information content (AvgIpc) is 2.66. The SMILES string of the molecule is CC(Oc1cccc(F)c1)C(=O)N1CCCNCC1. The largest absolute Gasteiger partial charge is 0.481 e. The average molecular weight is 266 g/mol. The molecule has 0 aromatic heterocycles. The smallest absolute Gasteiger partial charge is 0.263 e. The molecule has 5 heteroatoms. The molecule has 1 atom stereocenters. The van der Waals surface area contributed by atoms with E-state index in [2.05, 4.69) is 5.32 Å². The summed E-state index contributed by atoms with van der Waals surface area (Å²) in [5, 5.41) is 3.24. The Hall–Kier alpha value is -1.62. The van der Waals surface area contributed by atoms with Crippen LogP contribution < -0.4 is 10.1 Å². The Morgan fingerprint density at radius 3 is 3.05 bits per heavy atom. The number of nitrogens with zero attached hydrogens (tertiary/aromatic N) is 1. The van der Waals surface area contributed by atoms with Crippen molar-refractivity contribution in [1.82, 2.24) is 10.2 Å². The van der Waals surface area contributed by atoms with Crippen LogP contribution in [0.4, 0.5) is 4.39 Å². The van der Waals surface area contributed by atoms with Crippen molar-refractivity contribution in [2.75, 3.05) is 26.2 Å². The van der Waals surface area contributed by atoms with Crippen molar-refractivity contribution >= 4 is 5.91 Å². The molecule has 1 N–H and O–H groups in total. The van der Waals surface area contributed by atoms with Crippen LogP contribution in [0.1, 0.15) is 13.3 Å². The monoisotopic (exact) mass is 266 g/mol. The predicted molar refractivity (Wildman–Crippen MR) is 70.6 cm³/mol. The maximum atomic E-state index is 13.0. The van der Waals surface area contributed by atoms with E-state index in [0.717, 1.165) is 26.1 Å². The molecule has 1 amide bonds. The van der Waals surface area contributed by atoms with Gasteiger partial charge in [-0.05, 0) is 32.0 Å². The lowest BCUT2D eigenvalue weighted by molar-refractivity contribution is -0.137. The molecule has 1 aromatic carbocycles. The maximum Gasteiger partial charge on any atom is 0.263 e. The van der Waals surface area contributed by atoms with Crippen molar-refractivity contribution in [3.63, 3.8) is 0 Å². The lowest BCUT2D eigenvalue weighted by Gasteiger charge is -2.24. The molecule has 1 aliphatic heterocycles. The second-order valence-corrected chi connectivity index (χ2v) is 4.65. The van der Waals surface area contributed by atoms with E-state index in [1.165, 1.54) is 12.1 Å². The summed E-state index contributed by atoms with van der Waals surface area (Å²) in [6, 6.07) is 5.85. The van der Waals surface area contributed by atoms with Crippen LogP contribution in [0, 0.1) is 5.82 Å². The fourth-order valence-corrected chi connectivity index (χ4v) is 2.12. The highest BCUT2D eigenvalue weighted by Crippen LogP contribution is 2.15. The third-order valence-electron chi connectivity index (χ3n) is 3.11. The Balaban J connectivity index is 1.94. The number of carbonyl (C=O) groups excluding carboxylic acids is 1. The van der Waals surface area contributed by atoms with E-state index in [-0.39, 0.29) is 11.7 Å². The summed E-state index contributed by atoms with van der Waals surface area (Å²) in [4.78, 5) is 14.0. The quantitative estimate of drug-likeness (QED) is 0.899. The molecule has 1 aliphatic rings. The van der Waals surface area contributed by atoms with E-state index in [9.17, 15) is 9.18 Å². The molecule has 19 heavy (non-hydrogen) atoms. The zero-order valence-electron chi connectivity index (χ0n) is 11.1. The number of nitrogens with one attached hydrogen (secondary N) is 1. The van der Waals surface area contributed by atoms with Gasteiger partial charge in [-0.1, -0.05) is 6.07 Å². The van der Waals surface area contributed by atoms with Crippen molar-refractivity contribution in [3.8, 4) is 5.75 Å². The standard InChI is InChI=1S/C14H19FN2O2/c1-11(19-13-5-2-4-12(15)10-13)14(18)17-8-3-6-16-7-9-17/h2,4-5,10-11,16H,3,6-9H2,1H3. The molecule has 0 saturated carbocycles. The lowest BCUT2D eigenvalue weighted by Crippen LogP contribution is -2.42. The van der Waals surface area contributed by atoms with E-state index in [1.807, 2.05) is 0 Å². The molecule has 0 spiro atoms. The number of amides is 1. The molecule has 104 valence electrons. The molecule has 1 unspecified atom stereocenters. The molecule has 1 saturated heterocycles. The van der Waals surface area contributed by atoms with Gasteiger partial charge < -0.3 is 15.0 Å². The van der Waals surface area contributed by atoms with Crippen LogP contribution in [0.3, 0.4) is 0 Å². The van der Waals surface area contributed by atoms with Crippen molar-refractivity contribution < 1.29 is 13.9 Å². The van der Waals surface area contributed by atoms with E-state index in [1.54, 1.807) is 24.0 Å². The third-order valence-corrected chi connectivity index (χ3v) is 3.11. The van der Waals surface area contributed by atoms with Gasteiger partial charge in [0.1, 0.15) is 11.6 Å². The van der Waals surface area contributed by atoms with Crippen LogP contribution in [0.5, 0.6) is 5.75 Å². The Morgan fingerprint density at radius 1 is 1.42 bits per heavy atom. The molecule has 2 rings (SSSR count). The highest BCUT2D eigenvalue weighted by Gasteiger charge is 2.22. The van der Waals surface area contributed by atoms with Gasteiger partial charge in [-0.3, -0.25) is 4.79 Å². The maximum absolute atomic E-state index is 13.0. The van der Waals surface area contributed by atoms with Crippen LogP contribution in [0.25, 0.3) is 0 Å². The van der Waals surface area contributed by atoms with Crippen LogP contribution in [0.2, 0.25) is 0 Å². The van der Waals surface area contributed by atoms with Gasteiger partial charge >= 0.3 is 0 Å². The summed E-state index contributed by atoms with van der Waals surface area (Å²) in [6.07, 6.45) is 0.346. The van der Waals surface area contributed by atoms with Crippen LogP contribution in [-0.4, -0.2) is 43.1 Å². The lowest BCUT2D eigenvalue weighted by atomic mass is 10.3. The van der Waals surface area contributed by atoms with E-state index < -0.39 is 6.10 Å². The van der Waals surface area contributed by atoms with Crippen molar-refractivity contribution in [3.05, 3.63) is 30.1 Å². The summed E-state index contributed by atoms with van der Waals surface area (Å²) < 4.78 is 18.5. The van der Waals surface area contributed by atoms with Crippen LogP contribution in [-0.2, 0) is 4.79 Å². The highest BCUT2D eigenvalue weighted by molar-refractivity contribution is 5.80. The minimum absolute atomic E-state index is 0.0482. The number of rotatable bonds is 3. The van der Waals surface area contributed by atoms with Crippen LogP contribution in [0.15, 0.2) is 24.3 Å². The second-order valence-electron chi connectivity index (χ2n) is 4.65. The molecule has 0 aliphatic carbocycles. The minimum atomic E-state index is -0.597. The van der Waals surface area contributed by atoms with Gasteiger partial charge in [0.2, 0.25) is 0 Å². The fourth-order valence-electron chi connectivity index (χ4n) is 2.12. The topological polar surface area (TPSA) is 41.6 Å². The van der Waals surface area contributed by atoms with Gasteiger partial charge in [0.25, 0.3) is 5.91 Å². The first kappa shape index (κ1) is 13.8. The van der Waals surface area contributed by atoms with Crippen molar-refractivity contribution in [2.24, 2.45) is 0 Å². The Kier molecular flexibility index (Phi) is 4.74. The molecule has 4 nitrogen and oxygen atoms in total. The number of benzene rings is 1. The molecular formula is C14H19FN2O2. The third kappa shape index (κ3) is 3.92. The summed E-state index contributed by atoms with van der Waals surface area (Å²) in [6.45, 7) is 4.87. The molecule has 1 aromatic rings. The summed E-state index contributed by atoms with van der Waals surface area (Å²) in [7, 11) is 0. The van der Waals surface area contributed by atoms with E-state index in [4.69, 9.17) is 4.74 Å². The number of ether oxygens (including phenoxy) is 1. The number of hydrogen-bond donors (Lipinski definition) is 1. The molecule has 1 fully saturated rings. The first-order chi connectivity index (χ1) is 9.16. The first-order valence-electron chi connectivity index (χ1n) is 6.58. The Labute approximate surface area is 112 Å². The Bertz CT molecular complexity index is 431. The van der Waals surface area contributed by atoms with Gasteiger partial charge in [0, 0.05) is 25.7 Å². The summed E-state index contributed by atoms with van der Waals surface area (Å²) >= 11 is 0. The number of carbonyl (C=O) groups is 1. The van der Waals surface area contributed by atoms with Gasteiger partial charge in [-0.2, -0.15) is 0 Å². The number of halogens is 1. The molecule has 1 heterocycles.